The molecule has 0 atom stereocenters. The molecule has 494 valence electrons. The van der Waals surface area contributed by atoms with E-state index in [-0.39, 0.29) is 0 Å². The Morgan fingerprint density at radius 2 is 0.330 bits per heavy atom. The van der Waals surface area contributed by atoms with E-state index in [0.29, 0.717) is 17.5 Å². The van der Waals surface area contributed by atoms with Crippen molar-refractivity contribution >= 4 is 87.2 Å². The summed E-state index contributed by atoms with van der Waals surface area (Å²) in [5.41, 5.74) is 25.6. The van der Waals surface area contributed by atoms with Gasteiger partial charge < -0.3 is 18.3 Å². The third kappa shape index (κ3) is 9.84. The summed E-state index contributed by atoms with van der Waals surface area (Å²) >= 11 is 0. The van der Waals surface area contributed by atoms with Crippen molar-refractivity contribution in [2.45, 2.75) is 0 Å². The van der Waals surface area contributed by atoms with Crippen molar-refractivity contribution in [3.63, 3.8) is 0 Å². The smallest absolute Gasteiger partial charge is 0.164 e. The maximum Gasteiger partial charge on any atom is 0.164 e. The quantitative estimate of drug-likeness (QED) is 0.122. The highest BCUT2D eigenvalue weighted by atomic mass is 15.0. The molecule has 0 aliphatic rings. The van der Waals surface area contributed by atoms with Crippen LogP contribution in [0.15, 0.2) is 376 Å². The Kier molecular flexibility index (Phi) is 14.1. The molecule has 21 rings (SSSR count). The molecule has 106 heavy (non-hydrogen) atoms. The van der Waals surface area contributed by atoms with Gasteiger partial charge in [-0.15, -0.1) is 0 Å². The third-order valence-corrected chi connectivity index (χ3v) is 21.3. The fraction of sp³-hybridized carbons (Fsp3) is 0. The van der Waals surface area contributed by atoms with Crippen LogP contribution in [0, 0.1) is 0 Å². The van der Waals surface area contributed by atoms with Gasteiger partial charge in [-0.3, -0.25) is 0 Å². The minimum atomic E-state index is 0.573. The van der Waals surface area contributed by atoms with Gasteiger partial charge in [0.05, 0.1) is 55.5 Å². The second-order valence-electron chi connectivity index (χ2n) is 27.2. The number of hydrogen-bond acceptors (Lipinski definition) is 4. The van der Waals surface area contributed by atoms with Crippen LogP contribution in [0.2, 0.25) is 0 Å². The zero-order valence-electron chi connectivity index (χ0n) is 57.4. The van der Waals surface area contributed by atoms with Crippen molar-refractivity contribution in [3.05, 3.63) is 376 Å². The minimum absolute atomic E-state index is 0.573. The predicted molar refractivity (Wildman–Crippen MR) is 438 cm³/mol. The molecule has 0 N–H and O–H groups in total. The first-order chi connectivity index (χ1) is 52.6. The summed E-state index contributed by atoms with van der Waals surface area (Å²) in [6, 6.07) is 136. The van der Waals surface area contributed by atoms with Gasteiger partial charge in [0, 0.05) is 110 Å². The average molecular weight is 1350 g/mol. The first-order valence-corrected chi connectivity index (χ1v) is 36.0. The number of pyridine rings is 1. The molecule has 0 bridgehead atoms. The topological polar surface area (TPSA) is 71.3 Å². The van der Waals surface area contributed by atoms with Gasteiger partial charge in [0.2, 0.25) is 0 Å². The molecule has 0 aliphatic carbocycles. The van der Waals surface area contributed by atoms with E-state index in [1.54, 1.807) is 0 Å². The number of para-hydroxylation sites is 8. The lowest BCUT2D eigenvalue weighted by Gasteiger charge is -2.24. The molecule has 0 saturated heterocycles. The number of nitrogens with zero attached hydrogens (tertiary/aromatic N) is 8. The van der Waals surface area contributed by atoms with Crippen LogP contribution in [0.4, 0.5) is 0 Å². The number of fused-ring (bicyclic) bond motifs is 12. The molecule has 21 aromatic rings. The SMILES string of the molecule is c1ccc(-c2nc(-c3ccccc3)nc(-c3ccc(-c4c(-c5ccc(-n6c7ccccc7c7ccccc76)cc5)c(-c5ccc(-n6c7ccccc7c7ccccc76)cc5)nc(-c5ccc(-n6c7ccccc7c7ccccc76)cc5)c4-c4ccc(-n5c6ccccc6c6ccccc65)cc4)cc3)n2)cc1. The number of rotatable bonds is 12. The standard InChI is InChI=1S/C98H62N8/c1-3-23-68(24-4-1)96-100-97(69-25-5-2-6-26-69)102-98(101-96)70-45-43-63(44-46-70)91-92(64-47-55-71(56-48-64)103-83-35-15-7-27-75(83)76-28-8-16-36-84(76)103)94(66-51-59-73(60-52-66)105-87-39-19-11-31-79(87)80-32-12-20-40-88(80)105)99-95(67-53-61-74(62-54-67)106-89-41-21-13-33-81(89)82-34-14-22-42-90(82)106)93(91)65-49-57-72(58-50-65)104-85-37-17-9-29-77(85)78-30-10-18-38-86(78)104/h1-62H. The zero-order valence-corrected chi connectivity index (χ0v) is 57.4. The third-order valence-electron chi connectivity index (χ3n) is 21.3. The molecule has 0 radical (unpaired) electrons. The van der Waals surface area contributed by atoms with Crippen LogP contribution in [0.3, 0.4) is 0 Å². The van der Waals surface area contributed by atoms with E-state index in [9.17, 15) is 0 Å². The van der Waals surface area contributed by atoms with Gasteiger partial charge in [-0.1, -0.05) is 279 Å². The van der Waals surface area contributed by atoms with Crippen molar-refractivity contribution in [1.29, 1.82) is 0 Å². The molecule has 8 nitrogen and oxygen atoms in total. The molecule has 0 unspecified atom stereocenters. The number of aromatic nitrogens is 8. The second-order valence-corrected chi connectivity index (χ2v) is 27.2. The molecule has 0 spiro atoms. The van der Waals surface area contributed by atoms with E-state index in [1.165, 1.54) is 43.1 Å². The fourth-order valence-electron chi connectivity index (χ4n) is 16.5. The molecule has 6 heterocycles. The number of benzene rings is 15. The highest BCUT2D eigenvalue weighted by Crippen LogP contribution is 2.51. The lowest BCUT2D eigenvalue weighted by molar-refractivity contribution is 1.07. The van der Waals surface area contributed by atoms with Crippen LogP contribution >= 0.6 is 0 Å². The fourth-order valence-corrected chi connectivity index (χ4v) is 16.5. The maximum atomic E-state index is 6.24. The summed E-state index contributed by atoms with van der Waals surface area (Å²) in [6.45, 7) is 0. The molecule has 15 aromatic carbocycles. The summed E-state index contributed by atoms with van der Waals surface area (Å²) < 4.78 is 9.56. The summed E-state index contributed by atoms with van der Waals surface area (Å²) in [5.74, 6) is 1.77. The van der Waals surface area contributed by atoms with Crippen LogP contribution < -0.4 is 0 Å². The first kappa shape index (κ1) is 60.4. The second kappa shape index (κ2) is 24.7. The Morgan fingerprint density at radius 1 is 0.142 bits per heavy atom. The Morgan fingerprint density at radius 3 is 0.585 bits per heavy atom. The van der Waals surface area contributed by atoms with Crippen molar-refractivity contribution in [2.75, 3.05) is 0 Å². The summed E-state index contributed by atoms with van der Waals surface area (Å²) in [5, 5.41) is 9.68. The normalized spacial score (nSPS) is 11.8. The molecule has 0 saturated carbocycles. The van der Waals surface area contributed by atoms with Gasteiger partial charge in [0.1, 0.15) is 0 Å². The maximum absolute atomic E-state index is 6.24. The molecule has 6 aromatic heterocycles. The van der Waals surface area contributed by atoms with E-state index in [0.717, 1.165) is 139 Å². The monoisotopic (exact) mass is 1350 g/mol. The van der Waals surface area contributed by atoms with Gasteiger partial charge >= 0.3 is 0 Å². The van der Waals surface area contributed by atoms with Crippen LogP contribution in [0.25, 0.3) is 200 Å². The largest absolute Gasteiger partial charge is 0.309 e. The summed E-state index contributed by atoms with van der Waals surface area (Å²) in [6.07, 6.45) is 0. The average Bonchev–Trinajstić information content (AvgIpc) is 0.905. The van der Waals surface area contributed by atoms with Crippen LogP contribution in [-0.2, 0) is 0 Å². The van der Waals surface area contributed by atoms with Crippen LogP contribution in [0.5, 0.6) is 0 Å². The highest BCUT2D eigenvalue weighted by Gasteiger charge is 2.28. The zero-order chi connectivity index (χ0) is 69.8. The Balaban J connectivity index is 0.844. The van der Waals surface area contributed by atoms with Crippen molar-refractivity contribution in [3.8, 4) is 113 Å². The highest BCUT2D eigenvalue weighted by molar-refractivity contribution is 6.13. The molecule has 0 fully saturated rings. The van der Waals surface area contributed by atoms with Gasteiger partial charge in [0.15, 0.2) is 17.5 Å². The minimum Gasteiger partial charge on any atom is -0.309 e. The van der Waals surface area contributed by atoms with E-state index in [2.05, 4.69) is 358 Å². The van der Waals surface area contributed by atoms with Gasteiger partial charge in [-0.05, 0) is 114 Å². The van der Waals surface area contributed by atoms with Gasteiger partial charge in [-0.25, -0.2) is 19.9 Å². The summed E-state index contributed by atoms with van der Waals surface area (Å²) in [7, 11) is 0. The Bertz CT molecular complexity index is 6400. The van der Waals surface area contributed by atoms with E-state index >= 15 is 0 Å². The van der Waals surface area contributed by atoms with Crippen molar-refractivity contribution < 1.29 is 0 Å². The van der Waals surface area contributed by atoms with Crippen molar-refractivity contribution in [2.24, 2.45) is 0 Å². The lowest BCUT2D eigenvalue weighted by atomic mass is 9.83. The molecule has 0 amide bonds. The summed E-state index contributed by atoms with van der Waals surface area (Å²) in [4.78, 5) is 21.8. The Labute approximate surface area is 610 Å². The molecular formula is C98H62N8. The predicted octanol–water partition coefficient (Wildman–Crippen LogP) is 25.0. The first-order valence-electron chi connectivity index (χ1n) is 36.0. The number of hydrogen-bond donors (Lipinski definition) is 0. The van der Waals surface area contributed by atoms with Gasteiger partial charge in [0.25, 0.3) is 0 Å². The van der Waals surface area contributed by atoms with Gasteiger partial charge in [-0.2, -0.15) is 0 Å². The van der Waals surface area contributed by atoms with Crippen molar-refractivity contribution in [1.82, 2.24) is 38.2 Å². The van der Waals surface area contributed by atoms with Crippen LogP contribution in [0.1, 0.15) is 0 Å². The molecular weight excluding hydrogens is 1290 g/mol. The van der Waals surface area contributed by atoms with E-state index < -0.39 is 0 Å². The van der Waals surface area contributed by atoms with E-state index in [4.69, 9.17) is 19.9 Å². The van der Waals surface area contributed by atoms with E-state index in [1.807, 2.05) is 36.4 Å². The lowest BCUT2D eigenvalue weighted by Crippen LogP contribution is -2.03. The Hall–Kier alpha value is -14.3. The molecule has 8 heteroatoms. The molecule has 0 aliphatic heterocycles. The van der Waals surface area contributed by atoms with Crippen LogP contribution in [-0.4, -0.2) is 38.2 Å².